The maximum absolute atomic E-state index is 13.9. The summed E-state index contributed by atoms with van der Waals surface area (Å²) in [4.78, 5) is 16.2. The van der Waals surface area contributed by atoms with Crippen LogP contribution in [-0.4, -0.2) is 19.9 Å². The maximum Gasteiger partial charge on any atom is 0.278 e. The molecular formula is C15H11FN4O2. The van der Waals surface area contributed by atoms with E-state index in [0.717, 1.165) is 17.5 Å². The molecule has 1 aliphatic carbocycles. The minimum Gasteiger partial charge on any atom is -0.332 e. The zero-order valence-electron chi connectivity index (χ0n) is 11.4. The first-order valence-electron chi connectivity index (χ1n) is 6.91. The van der Waals surface area contributed by atoms with Gasteiger partial charge in [0.05, 0.1) is 0 Å². The van der Waals surface area contributed by atoms with Crippen LogP contribution in [0.5, 0.6) is 0 Å². The Morgan fingerprint density at radius 2 is 2.00 bits per heavy atom. The SMILES string of the molecule is O=c1ccc(-c2nc(C3CC3)no2)nn1-c1ccccc1F. The number of benzene rings is 1. The van der Waals surface area contributed by atoms with Gasteiger partial charge in [-0.25, -0.2) is 4.39 Å². The summed E-state index contributed by atoms with van der Waals surface area (Å²) in [5.41, 5.74) is -0.0192. The van der Waals surface area contributed by atoms with Crippen LogP contribution >= 0.6 is 0 Å². The van der Waals surface area contributed by atoms with Crippen LogP contribution in [0.3, 0.4) is 0 Å². The summed E-state index contributed by atoms with van der Waals surface area (Å²) in [6.07, 6.45) is 2.11. The number of hydrogen-bond donors (Lipinski definition) is 0. The summed E-state index contributed by atoms with van der Waals surface area (Å²) in [5, 5.41) is 8.04. The Morgan fingerprint density at radius 1 is 1.18 bits per heavy atom. The number of nitrogens with zero attached hydrogens (tertiary/aromatic N) is 4. The Hall–Kier alpha value is -2.83. The van der Waals surface area contributed by atoms with E-state index in [1.807, 2.05) is 0 Å². The summed E-state index contributed by atoms with van der Waals surface area (Å²) in [6.45, 7) is 0. The molecule has 0 amide bonds. The standard InChI is InChI=1S/C15H11FN4O2/c16-10-3-1-2-4-12(10)20-13(21)8-7-11(18-20)15-17-14(19-22-15)9-5-6-9/h1-4,7-9H,5-6H2. The second-order valence-corrected chi connectivity index (χ2v) is 5.15. The summed E-state index contributed by atoms with van der Waals surface area (Å²) in [6, 6.07) is 8.73. The van der Waals surface area contributed by atoms with Crippen molar-refractivity contribution in [3.8, 4) is 17.3 Å². The summed E-state index contributed by atoms with van der Waals surface area (Å²) in [5.74, 6) is 0.709. The monoisotopic (exact) mass is 298 g/mol. The van der Waals surface area contributed by atoms with Crippen LogP contribution in [0.4, 0.5) is 4.39 Å². The van der Waals surface area contributed by atoms with Crippen molar-refractivity contribution in [2.75, 3.05) is 0 Å². The van der Waals surface area contributed by atoms with Gasteiger partial charge in [0.15, 0.2) is 5.82 Å². The predicted molar refractivity (Wildman–Crippen MR) is 75.1 cm³/mol. The first-order chi connectivity index (χ1) is 10.7. The highest BCUT2D eigenvalue weighted by molar-refractivity contribution is 5.46. The van der Waals surface area contributed by atoms with E-state index >= 15 is 0 Å². The molecule has 7 heteroatoms. The fraction of sp³-hybridized carbons (Fsp3) is 0.200. The molecule has 6 nitrogen and oxygen atoms in total. The van der Waals surface area contributed by atoms with Crippen LogP contribution in [-0.2, 0) is 0 Å². The van der Waals surface area contributed by atoms with Gasteiger partial charge in [0.1, 0.15) is 17.2 Å². The van der Waals surface area contributed by atoms with Gasteiger partial charge < -0.3 is 4.52 Å². The first kappa shape index (κ1) is 12.9. The molecule has 0 bridgehead atoms. The lowest BCUT2D eigenvalue weighted by Gasteiger charge is -2.05. The molecule has 0 aliphatic heterocycles. The number of aromatic nitrogens is 4. The highest BCUT2D eigenvalue weighted by atomic mass is 19.1. The number of rotatable bonds is 3. The van der Waals surface area contributed by atoms with E-state index in [9.17, 15) is 9.18 Å². The van der Waals surface area contributed by atoms with Crippen LogP contribution < -0.4 is 5.56 Å². The smallest absolute Gasteiger partial charge is 0.278 e. The Labute approximate surface area is 124 Å². The zero-order chi connectivity index (χ0) is 15.1. The molecule has 0 radical (unpaired) electrons. The third-order valence-corrected chi connectivity index (χ3v) is 3.48. The van der Waals surface area contributed by atoms with E-state index in [1.165, 1.54) is 24.3 Å². The van der Waals surface area contributed by atoms with Gasteiger partial charge in [-0.3, -0.25) is 4.79 Å². The summed E-state index contributed by atoms with van der Waals surface area (Å²) >= 11 is 0. The third kappa shape index (κ3) is 2.20. The third-order valence-electron chi connectivity index (χ3n) is 3.48. The van der Waals surface area contributed by atoms with Crippen molar-refractivity contribution >= 4 is 0 Å². The molecule has 0 N–H and O–H groups in total. The number of hydrogen-bond acceptors (Lipinski definition) is 5. The van der Waals surface area contributed by atoms with Crippen molar-refractivity contribution in [2.24, 2.45) is 0 Å². The molecule has 0 atom stereocenters. The highest BCUT2D eigenvalue weighted by Gasteiger charge is 2.29. The minimum atomic E-state index is -0.529. The lowest BCUT2D eigenvalue weighted by molar-refractivity contribution is 0.420. The van der Waals surface area contributed by atoms with Crippen LogP contribution in [0.1, 0.15) is 24.6 Å². The summed E-state index contributed by atoms with van der Waals surface area (Å²) < 4.78 is 20.0. The molecule has 22 heavy (non-hydrogen) atoms. The van der Waals surface area contributed by atoms with Crippen LogP contribution in [0.15, 0.2) is 45.7 Å². The second-order valence-electron chi connectivity index (χ2n) is 5.15. The molecule has 110 valence electrons. The fourth-order valence-corrected chi connectivity index (χ4v) is 2.17. The molecule has 1 saturated carbocycles. The van der Waals surface area contributed by atoms with Gasteiger partial charge in [0.2, 0.25) is 0 Å². The quantitative estimate of drug-likeness (QED) is 0.741. The Bertz CT molecular complexity index is 898. The molecule has 1 aliphatic rings. The number of para-hydroxylation sites is 1. The molecule has 0 unspecified atom stereocenters. The molecule has 3 aromatic rings. The molecule has 0 spiro atoms. The second kappa shape index (κ2) is 4.87. The van der Waals surface area contributed by atoms with Crippen molar-refractivity contribution in [1.29, 1.82) is 0 Å². The van der Waals surface area contributed by atoms with Crippen LogP contribution in [0.2, 0.25) is 0 Å². The summed E-state index contributed by atoms with van der Waals surface area (Å²) in [7, 11) is 0. The molecule has 2 aromatic heterocycles. The molecule has 1 aromatic carbocycles. The topological polar surface area (TPSA) is 73.8 Å². The van der Waals surface area contributed by atoms with Crippen LogP contribution in [0, 0.1) is 5.82 Å². The van der Waals surface area contributed by atoms with Crippen molar-refractivity contribution in [3.05, 3.63) is 58.4 Å². The number of halogens is 1. The normalized spacial score (nSPS) is 14.2. The molecule has 0 saturated heterocycles. The molecule has 2 heterocycles. The highest BCUT2D eigenvalue weighted by Crippen LogP contribution is 2.38. The van der Waals surface area contributed by atoms with Crippen molar-refractivity contribution in [3.63, 3.8) is 0 Å². The van der Waals surface area contributed by atoms with E-state index < -0.39 is 11.4 Å². The Kier molecular flexibility index (Phi) is 2.85. The lowest BCUT2D eigenvalue weighted by atomic mass is 10.3. The van der Waals surface area contributed by atoms with Gasteiger partial charge >= 0.3 is 0 Å². The van der Waals surface area contributed by atoms with E-state index in [1.54, 1.807) is 12.1 Å². The first-order valence-corrected chi connectivity index (χ1v) is 6.91. The average Bonchev–Trinajstić information content (AvgIpc) is 3.26. The van der Waals surface area contributed by atoms with Crippen molar-refractivity contribution in [2.45, 2.75) is 18.8 Å². The van der Waals surface area contributed by atoms with Crippen molar-refractivity contribution < 1.29 is 8.91 Å². The van der Waals surface area contributed by atoms with Gasteiger partial charge in [-0.15, -0.1) is 0 Å². The largest absolute Gasteiger partial charge is 0.332 e. The van der Waals surface area contributed by atoms with Crippen molar-refractivity contribution in [1.82, 2.24) is 19.9 Å². The molecule has 4 rings (SSSR count). The van der Waals surface area contributed by atoms with Gasteiger partial charge in [0.25, 0.3) is 11.4 Å². The fourth-order valence-electron chi connectivity index (χ4n) is 2.17. The minimum absolute atomic E-state index is 0.0799. The zero-order valence-corrected chi connectivity index (χ0v) is 11.4. The van der Waals surface area contributed by atoms with E-state index in [2.05, 4.69) is 15.2 Å². The van der Waals surface area contributed by atoms with E-state index in [0.29, 0.717) is 17.4 Å². The lowest BCUT2D eigenvalue weighted by Crippen LogP contribution is -2.21. The van der Waals surface area contributed by atoms with Gasteiger partial charge in [-0.1, -0.05) is 17.3 Å². The van der Waals surface area contributed by atoms with E-state index in [-0.39, 0.29) is 11.6 Å². The predicted octanol–water partition coefficient (Wildman–Crippen LogP) is 2.30. The van der Waals surface area contributed by atoms with E-state index in [4.69, 9.17) is 4.52 Å². The molecule has 1 fully saturated rings. The Morgan fingerprint density at radius 3 is 2.77 bits per heavy atom. The average molecular weight is 298 g/mol. The van der Waals surface area contributed by atoms with Gasteiger partial charge in [-0.05, 0) is 31.0 Å². The van der Waals surface area contributed by atoms with Crippen LogP contribution in [0.25, 0.3) is 17.3 Å². The van der Waals surface area contributed by atoms with Gasteiger partial charge in [0, 0.05) is 12.0 Å². The van der Waals surface area contributed by atoms with Gasteiger partial charge in [-0.2, -0.15) is 14.8 Å². The molecular weight excluding hydrogens is 287 g/mol. The maximum atomic E-state index is 13.9. The Balaban J connectivity index is 1.80.